The summed E-state index contributed by atoms with van der Waals surface area (Å²) in [5, 5.41) is 9.22. The number of carboxylic acids is 1. The minimum Gasteiger partial charge on any atom is -0.478 e. The van der Waals surface area contributed by atoms with Crippen LogP contribution in [0.1, 0.15) is 34.7 Å². The van der Waals surface area contributed by atoms with E-state index in [1.54, 1.807) is 6.07 Å². The molecule has 0 bridgehead atoms. The summed E-state index contributed by atoms with van der Waals surface area (Å²) >= 11 is 5.96. The Morgan fingerprint density at radius 3 is 2.69 bits per heavy atom. The van der Waals surface area contributed by atoms with Crippen LogP contribution in [-0.2, 0) is 0 Å². The van der Waals surface area contributed by atoms with Crippen molar-refractivity contribution >= 4 is 17.6 Å². The average molecular weight is 197 g/mol. The van der Waals surface area contributed by atoms with Crippen molar-refractivity contribution in [2.45, 2.75) is 18.8 Å². The Morgan fingerprint density at radius 1 is 1.46 bits per heavy atom. The normalized spacial score (nSPS) is 15.8. The van der Waals surface area contributed by atoms with Crippen LogP contribution < -0.4 is 0 Å². The molecule has 3 heteroatoms. The van der Waals surface area contributed by atoms with Gasteiger partial charge in [0.25, 0.3) is 0 Å². The van der Waals surface area contributed by atoms with E-state index in [0.29, 0.717) is 10.9 Å². The Bertz CT molecular complexity index is 356. The van der Waals surface area contributed by atoms with Gasteiger partial charge in [-0.2, -0.15) is 0 Å². The van der Waals surface area contributed by atoms with Crippen molar-refractivity contribution in [2.24, 2.45) is 0 Å². The third-order valence-corrected chi connectivity index (χ3v) is 2.70. The summed E-state index contributed by atoms with van der Waals surface area (Å²) in [7, 11) is 0. The zero-order valence-electron chi connectivity index (χ0n) is 6.96. The lowest BCUT2D eigenvalue weighted by Crippen LogP contribution is -1.98. The Hall–Kier alpha value is -1.02. The predicted octanol–water partition coefficient (Wildman–Crippen LogP) is 2.92. The van der Waals surface area contributed by atoms with Crippen LogP contribution in [0.3, 0.4) is 0 Å². The fourth-order valence-corrected chi connectivity index (χ4v) is 1.79. The van der Waals surface area contributed by atoms with E-state index in [2.05, 4.69) is 0 Å². The van der Waals surface area contributed by atoms with Gasteiger partial charge in [-0.15, -0.1) is 0 Å². The number of carboxylic acid groups (broad SMARTS) is 1. The highest BCUT2D eigenvalue weighted by molar-refractivity contribution is 6.34. The Balaban J connectivity index is 2.47. The van der Waals surface area contributed by atoms with E-state index in [9.17, 15) is 4.79 Å². The van der Waals surface area contributed by atoms with Crippen LogP contribution in [0.15, 0.2) is 18.2 Å². The van der Waals surface area contributed by atoms with E-state index < -0.39 is 5.97 Å². The van der Waals surface area contributed by atoms with Crippen LogP contribution in [0, 0.1) is 0 Å². The standard InChI is InChI=1S/C10H9ClO2/c11-9-7(6-4-5-6)2-1-3-8(9)10(12)13/h1-3,6H,4-5H2,(H,12,13). The molecule has 2 nitrogen and oxygen atoms in total. The van der Waals surface area contributed by atoms with Gasteiger partial charge < -0.3 is 5.11 Å². The van der Waals surface area contributed by atoms with E-state index in [4.69, 9.17) is 16.7 Å². The average Bonchev–Trinajstić information content (AvgIpc) is 2.87. The molecular formula is C10H9ClO2. The zero-order chi connectivity index (χ0) is 9.42. The maximum absolute atomic E-state index is 10.7. The van der Waals surface area contributed by atoms with Gasteiger partial charge in [0, 0.05) is 0 Å². The number of halogens is 1. The molecule has 2 rings (SSSR count). The summed E-state index contributed by atoms with van der Waals surface area (Å²) in [5.74, 6) is -0.459. The number of carbonyl (C=O) groups is 1. The molecule has 0 spiro atoms. The van der Waals surface area contributed by atoms with Gasteiger partial charge >= 0.3 is 5.97 Å². The quantitative estimate of drug-likeness (QED) is 0.790. The maximum atomic E-state index is 10.7. The molecule has 0 heterocycles. The Labute approximate surface area is 81.1 Å². The molecule has 1 fully saturated rings. The lowest BCUT2D eigenvalue weighted by molar-refractivity contribution is 0.0697. The molecule has 0 radical (unpaired) electrons. The molecular weight excluding hydrogens is 188 g/mol. The monoisotopic (exact) mass is 196 g/mol. The van der Waals surface area contributed by atoms with Crippen LogP contribution >= 0.6 is 11.6 Å². The van der Waals surface area contributed by atoms with Gasteiger partial charge in [0.2, 0.25) is 0 Å². The summed E-state index contributed by atoms with van der Waals surface area (Å²) in [6.07, 6.45) is 2.26. The van der Waals surface area contributed by atoms with Gasteiger partial charge in [-0.25, -0.2) is 4.79 Å². The first-order chi connectivity index (χ1) is 6.20. The topological polar surface area (TPSA) is 37.3 Å². The molecule has 0 aliphatic heterocycles. The molecule has 1 N–H and O–H groups in total. The van der Waals surface area contributed by atoms with Crippen LogP contribution in [-0.4, -0.2) is 11.1 Å². The first-order valence-corrected chi connectivity index (χ1v) is 4.59. The minimum atomic E-state index is -0.951. The summed E-state index contributed by atoms with van der Waals surface area (Å²) < 4.78 is 0. The summed E-state index contributed by atoms with van der Waals surface area (Å²) in [4.78, 5) is 10.7. The van der Waals surface area contributed by atoms with E-state index >= 15 is 0 Å². The van der Waals surface area contributed by atoms with E-state index in [1.807, 2.05) is 6.07 Å². The van der Waals surface area contributed by atoms with Gasteiger partial charge in [0.15, 0.2) is 0 Å². The summed E-state index contributed by atoms with van der Waals surface area (Å²) in [6.45, 7) is 0. The number of benzene rings is 1. The maximum Gasteiger partial charge on any atom is 0.337 e. The molecule has 1 aromatic carbocycles. The van der Waals surface area contributed by atoms with Crippen molar-refractivity contribution in [2.75, 3.05) is 0 Å². The van der Waals surface area contributed by atoms with Gasteiger partial charge in [0.1, 0.15) is 0 Å². The smallest absolute Gasteiger partial charge is 0.337 e. The predicted molar refractivity (Wildman–Crippen MR) is 50.4 cm³/mol. The summed E-state index contributed by atoms with van der Waals surface area (Å²) in [5.41, 5.74) is 1.20. The SMILES string of the molecule is O=C(O)c1cccc(C2CC2)c1Cl. The number of hydrogen-bond acceptors (Lipinski definition) is 1. The van der Waals surface area contributed by atoms with Gasteiger partial charge in [0.05, 0.1) is 10.6 Å². The molecule has 1 aliphatic rings. The second-order valence-electron chi connectivity index (χ2n) is 3.29. The van der Waals surface area contributed by atoms with E-state index in [0.717, 1.165) is 18.4 Å². The molecule has 0 atom stereocenters. The highest BCUT2D eigenvalue weighted by Gasteiger charge is 2.27. The fourth-order valence-electron chi connectivity index (χ4n) is 1.42. The first kappa shape index (κ1) is 8.57. The number of aromatic carboxylic acids is 1. The van der Waals surface area contributed by atoms with Crippen LogP contribution in [0.4, 0.5) is 0 Å². The minimum absolute atomic E-state index is 0.214. The molecule has 13 heavy (non-hydrogen) atoms. The molecule has 0 saturated heterocycles. The van der Waals surface area contributed by atoms with Crippen molar-refractivity contribution in [3.05, 3.63) is 34.3 Å². The van der Waals surface area contributed by atoms with E-state index in [-0.39, 0.29) is 5.56 Å². The van der Waals surface area contributed by atoms with Crippen LogP contribution in [0.2, 0.25) is 5.02 Å². The molecule has 1 saturated carbocycles. The highest BCUT2D eigenvalue weighted by atomic mass is 35.5. The Morgan fingerprint density at radius 2 is 2.15 bits per heavy atom. The third kappa shape index (κ3) is 1.54. The molecule has 0 unspecified atom stereocenters. The number of hydrogen-bond donors (Lipinski definition) is 1. The van der Waals surface area contributed by atoms with Crippen molar-refractivity contribution in [1.29, 1.82) is 0 Å². The molecule has 1 aromatic rings. The Kier molecular flexibility index (Phi) is 2.00. The van der Waals surface area contributed by atoms with Crippen molar-refractivity contribution < 1.29 is 9.90 Å². The third-order valence-electron chi connectivity index (χ3n) is 2.28. The van der Waals surface area contributed by atoms with Crippen LogP contribution in [0.25, 0.3) is 0 Å². The van der Waals surface area contributed by atoms with E-state index in [1.165, 1.54) is 6.07 Å². The lowest BCUT2D eigenvalue weighted by Gasteiger charge is -2.04. The van der Waals surface area contributed by atoms with Crippen molar-refractivity contribution in [3.63, 3.8) is 0 Å². The van der Waals surface area contributed by atoms with Crippen molar-refractivity contribution in [1.82, 2.24) is 0 Å². The van der Waals surface area contributed by atoms with Gasteiger partial charge in [-0.1, -0.05) is 23.7 Å². The molecule has 0 amide bonds. The second kappa shape index (κ2) is 3.04. The highest BCUT2D eigenvalue weighted by Crippen LogP contribution is 2.43. The lowest BCUT2D eigenvalue weighted by atomic mass is 10.1. The first-order valence-electron chi connectivity index (χ1n) is 4.22. The zero-order valence-corrected chi connectivity index (χ0v) is 7.71. The van der Waals surface area contributed by atoms with Gasteiger partial charge in [-0.3, -0.25) is 0 Å². The number of rotatable bonds is 2. The van der Waals surface area contributed by atoms with Crippen molar-refractivity contribution in [3.8, 4) is 0 Å². The fraction of sp³-hybridized carbons (Fsp3) is 0.300. The second-order valence-corrected chi connectivity index (χ2v) is 3.67. The van der Waals surface area contributed by atoms with Crippen LogP contribution in [0.5, 0.6) is 0 Å². The summed E-state index contributed by atoms with van der Waals surface area (Å²) in [6, 6.07) is 5.20. The molecule has 1 aliphatic carbocycles. The largest absolute Gasteiger partial charge is 0.478 e. The van der Waals surface area contributed by atoms with Gasteiger partial charge in [-0.05, 0) is 30.4 Å². The molecule has 68 valence electrons. The molecule has 0 aromatic heterocycles.